The monoisotopic (exact) mass is 549 g/mol. The molecular formula is C39H23N3O. The second kappa shape index (κ2) is 8.34. The summed E-state index contributed by atoms with van der Waals surface area (Å²) in [7, 11) is 0. The number of para-hydroxylation sites is 4. The fourth-order valence-corrected chi connectivity index (χ4v) is 7.28. The first-order valence-corrected chi connectivity index (χ1v) is 14.6. The number of hydrogen-bond acceptors (Lipinski definition) is 2. The van der Waals surface area contributed by atoms with E-state index in [-0.39, 0.29) is 0 Å². The van der Waals surface area contributed by atoms with Crippen LogP contribution in [0.15, 0.2) is 144 Å². The van der Waals surface area contributed by atoms with Gasteiger partial charge in [-0.1, -0.05) is 84.9 Å². The molecule has 4 nitrogen and oxygen atoms in total. The Morgan fingerprint density at radius 2 is 1.07 bits per heavy atom. The number of hydrogen-bond donors (Lipinski definition) is 0. The molecule has 10 aromatic rings. The molecule has 0 radical (unpaired) electrons. The highest BCUT2D eigenvalue weighted by Gasteiger charge is 2.26. The van der Waals surface area contributed by atoms with Gasteiger partial charge < -0.3 is 13.6 Å². The highest BCUT2D eigenvalue weighted by molar-refractivity contribution is 6.36. The van der Waals surface area contributed by atoms with Crippen LogP contribution in [-0.4, -0.2) is 14.1 Å². The van der Waals surface area contributed by atoms with E-state index in [1.165, 1.54) is 27.2 Å². The van der Waals surface area contributed by atoms with Gasteiger partial charge in [0.1, 0.15) is 11.2 Å². The van der Waals surface area contributed by atoms with Crippen molar-refractivity contribution in [1.82, 2.24) is 14.1 Å². The predicted octanol–water partition coefficient (Wildman–Crippen LogP) is 10.3. The number of nitrogens with zero attached hydrogens (tertiary/aromatic N) is 3. The Morgan fingerprint density at radius 1 is 0.442 bits per heavy atom. The number of fused-ring (bicyclic) bond motifs is 13. The molecule has 0 N–H and O–H groups in total. The van der Waals surface area contributed by atoms with E-state index in [1.54, 1.807) is 0 Å². The molecule has 4 heterocycles. The van der Waals surface area contributed by atoms with Crippen LogP contribution in [0.3, 0.4) is 0 Å². The van der Waals surface area contributed by atoms with Crippen LogP contribution < -0.4 is 0 Å². The first-order valence-electron chi connectivity index (χ1n) is 14.6. The molecule has 0 aliphatic rings. The molecule has 43 heavy (non-hydrogen) atoms. The lowest BCUT2D eigenvalue weighted by atomic mass is 10.0. The third-order valence-electron chi connectivity index (χ3n) is 8.92. The van der Waals surface area contributed by atoms with Crippen molar-refractivity contribution in [3.63, 3.8) is 0 Å². The summed E-state index contributed by atoms with van der Waals surface area (Å²) in [6.07, 6.45) is 1.92. The van der Waals surface area contributed by atoms with Crippen molar-refractivity contribution in [2.75, 3.05) is 0 Å². The molecule has 6 aromatic carbocycles. The SMILES string of the molecule is c1ccc(-n2c3ccccc3c3c4cccnc4c4c5ccccc5n(-c5cccc6oc7ccccc7c56)c4c32)cc1. The van der Waals surface area contributed by atoms with E-state index >= 15 is 0 Å². The molecule has 10 rings (SSSR count). The Morgan fingerprint density at radius 3 is 1.91 bits per heavy atom. The van der Waals surface area contributed by atoms with Crippen molar-refractivity contribution in [3.8, 4) is 11.4 Å². The Bertz CT molecular complexity index is 2730. The van der Waals surface area contributed by atoms with Gasteiger partial charge in [-0.25, -0.2) is 0 Å². The lowest BCUT2D eigenvalue weighted by Crippen LogP contribution is -1.99. The highest BCUT2D eigenvalue weighted by atomic mass is 16.3. The van der Waals surface area contributed by atoms with Gasteiger partial charge in [0.05, 0.1) is 38.7 Å². The first kappa shape index (κ1) is 22.8. The Hall–Kier alpha value is -5.87. The molecule has 0 unspecified atom stereocenters. The Balaban J connectivity index is 1.57. The van der Waals surface area contributed by atoms with Crippen LogP contribution in [-0.2, 0) is 0 Å². The molecule has 0 aliphatic heterocycles. The zero-order valence-corrected chi connectivity index (χ0v) is 23.0. The van der Waals surface area contributed by atoms with Crippen LogP contribution >= 0.6 is 0 Å². The Kier molecular flexibility index (Phi) is 4.42. The molecular weight excluding hydrogens is 526 g/mol. The van der Waals surface area contributed by atoms with Crippen LogP contribution in [0.25, 0.3) is 87.8 Å². The van der Waals surface area contributed by atoms with Gasteiger partial charge >= 0.3 is 0 Å². The molecule has 0 amide bonds. The summed E-state index contributed by atoms with van der Waals surface area (Å²) >= 11 is 0. The number of rotatable bonds is 2. The molecule has 0 fully saturated rings. The lowest BCUT2D eigenvalue weighted by molar-refractivity contribution is 0.669. The van der Waals surface area contributed by atoms with E-state index in [1.807, 2.05) is 18.3 Å². The number of furan rings is 1. The van der Waals surface area contributed by atoms with Crippen molar-refractivity contribution < 1.29 is 4.42 Å². The number of aromatic nitrogens is 3. The van der Waals surface area contributed by atoms with Gasteiger partial charge in [0, 0.05) is 44.2 Å². The third kappa shape index (κ3) is 2.92. The minimum Gasteiger partial charge on any atom is -0.456 e. The molecule has 4 heteroatoms. The summed E-state index contributed by atoms with van der Waals surface area (Å²) in [5.74, 6) is 0. The van der Waals surface area contributed by atoms with E-state index in [9.17, 15) is 0 Å². The summed E-state index contributed by atoms with van der Waals surface area (Å²) in [5.41, 5.74) is 9.62. The molecule has 0 atom stereocenters. The van der Waals surface area contributed by atoms with E-state index in [0.717, 1.165) is 60.6 Å². The van der Waals surface area contributed by atoms with Crippen molar-refractivity contribution in [1.29, 1.82) is 0 Å². The Labute approximate surface area is 245 Å². The van der Waals surface area contributed by atoms with Crippen molar-refractivity contribution in [3.05, 3.63) is 140 Å². The predicted molar refractivity (Wildman–Crippen MR) is 178 cm³/mol. The standard InChI is InChI=1S/C39H23N3O/c1-2-12-24(13-3-1)41-29-18-7-4-14-25(29)34-28-17-11-23-40-37(28)36-26-15-5-8-19-30(26)42(39(36)38(34)41)31-20-10-22-33-35(31)27-16-6-9-21-32(27)43-33/h1-23H. The topological polar surface area (TPSA) is 35.9 Å². The maximum atomic E-state index is 6.38. The van der Waals surface area contributed by atoms with E-state index in [4.69, 9.17) is 9.40 Å². The van der Waals surface area contributed by atoms with Gasteiger partial charge in [-0.15, -0.1) is 0 Å². The molecule has 0 saturated heterocycles. The van der Waals surface area contributed by atoms with E-state index < -0.39 is 0 Å². The lowest BCUT2D eigenvalue weighted by Gasteiger charge is -2.14. The summed E-state index contributed by atoms with van der Waals surface area (Å²) in [5, 5.41) is 8.13. The third-order valence-corrected chi connectivity index (χ3v) is 8.92. The van der Waals surface area contributed by atoms with Crippen LogP contribution in [0, 0.1) is 0 Å². The van der Waals surface area contributed by atoms with Gasteiger partial charge in [-0.05, 0) is 48.5 Å². The minimum absolute atomic E-state index is 0.878. The summed E-state index contributed by atoms with van der Waals surface area (Å²) < 4.78 is 11.3. The normalized spacial score (nSPS) is 12.2. The minimum atomic E-state index is 0.878. The maximum absolute atomic E-state index is 6.38. The van der Waals surface area contributed by atoms with Crippen molar-refractivity contribution >= 4 is 76.5 Å². The van der Waals surface area contributed by atoms with Crippen LogP contribution in [0.1, 0.15) is 0 Å². The fraction of sp³-hybridized carbons (Fsp3) is 0. The average molecular weight is 550 g/mol. The molecule has 0 spiro atoms. The van der Waals surface area contributed by atoms with Crippen LogP contribution in [0.4, 0.5) is 0 Å². The van der Waals surface area contributed by atoms with Gasteiger partial charge in [-0.2, -0.15) is 0 Å². The zero-order valence-electron chi connectivity index (χ0n) is 23.0. The zero-order chi connectivity index (χ0) is 28.1. The van der Waals surface area contributed by atoms with Crippen LogP contribution in [0.2, 0.25) is 0 Å². The van der Waals surface area contributed by atoms with E-state index in [2.05, 4.69) is 130 Å². The van der Waals surface area contributed by atoms with Crippen LogP contribution in [0.5, 0.6) is 0 Å². The molecule has 0 aliphatic carbocycles. The molecule has 200 valence electrons. The second-order valence-electron chi connectivity index (χ2n) is 11.1. The van der Waals surface area contributed by atoms with Crippen molar-refractivity contribution in [2.24, 2.45) is 0 Å². The fourth-order valence-electron chi connectivity index (χ4n) is 7.28. The maximum Gasteiger partial charge on any atom is 0.137 e. The molecule has 0 bridgehead atoms. The van der Waals surface area contributed by atoms with Gasteiger partial charge in [0.25, 0.3) is 0 Å². The molecule has 0 saturated carbocycles. The van der Waals surface area contributed by atoms with Gasteiger partial charge in [-0.3, -0.25) is 4.98 Å². The largest absolute Gasteiger partial charge is 0.456 e. The summed E-state index contributed by atoms with van der Waals surface area (Å²) in [6, 6.07) is 47.2. The smallest absolute Gasteiger partial charge is 0.137 e. The van der Waals surface area contributed by atoms with Gasteiger partial charge in [0.15, 0.2) is 0 Å². The summed E-state index contributed by atoms with van der Waals surface area (Å²) in [4.78, 5) is 5.07. The average Bonchev–Trinajstić information content (AvgIpc) is 3.73. The second-order valence-corrected chi connectivity index (χ2v) is 11.1. The number of pyridine rings is 1. The van der Waals surface area contributed by atoms with E-state index in [0.29, 0.717) is 0 Å². The highest BCUT2D eigenvalue weighted by Crippen LogP contribution is 2.47. The van der Waals surface area contributed by atoms with Gasteiger partial charge in [0.2, 0.25) is 0 Å². The first-order chi connectivity index (χ1) is 21.4. The quantitative estimate of drug-likeness (QED) is 0.215. The molecule has 4 aromatic heterocycles. The van der Waals surface area contributed by atoms with Crippen molar-refractivity contribution in [2.45, 2.75) is 0 Å². The number of benzene rings is 6. The summed E-state index contributed by atoms with van der Waals surface area (Å²) in [6.45, 7) is 0.